The molecule has 92 valence electrons. The predicted octanol–water partition coefficient (Wildman–Crippen LogP) is 4.32. The molecule has 0 aliphatic heterocycles. The Bertz CT molecular complexity index is 853. The lowest BCUT2D eigenvalue weighted by Gasteiger charge is -2.04. The molecule has 5 heteroatoms. The monoisotopic (exact) mass is 329 g/mol. The lowest BCUT2D eigenvalue weighted by Crippen LogP contribution is -1.93. The van der Waals surface area contributed by atoms with Gasteiger partial charge in [0.05, 0.1) is 16.6 Å². The van der Waals surface area contributed by atoms with E-state index in [4.69, 9.17) is 17.5 Å². The lowest BCUT2D eigenvalue weighted by atomic mass is 10.2. The molecule has 0 atom stereocenters. The standard InChI is InChI=1S/C14H8BrN3S/c15-10-4-6-11(7-5-10)18-12-3-1-2-9(8-16)13(12)17-14(18)19/h1-7H,(H,17,19). The third kappa shape index (κ3) is 1.99. The maximum Gasteiger partial charge on any atom is 0.182 e. The summed E-state index contributed by atoms with van der Waals surface area (Å²) in [7, 11) is 0. The summed E-state index contributed by atoms with van der Waals surface area (Å²) in [4.78, 5) is 3.10. The van der Waals surface area contributed by atoms with E-state index >= 15 is 0 Å². The van der Waals surface area contributed by atoms with E-state index in [1.807, 2.05) is 41.0 Å². The van der Waals surface area contributed by atoms with Crippen LogP contribution in [0.5, 0.6) is 0 Å². The largest absolute Gasteiger partial charge is 0.329 e. The summed E-state index contributed by atoms with van der Waals surface area (Å²) in [5, 5.41) is 9.12. The Labute approximate surface area is 123 Å². The van der Waals surface area contributed by atoms with Crippen molar-refractivity contribution in [3.8, 4) is 11.8 Å². The van der Waals surface area contributed by atoms with Crippen molar-refractivity contribution >= 4 is 39.2 Å². The molecule has 19 heavy (non-hydrogen) atoms. The molecular formula is C14H8BrN3S. The molecule has 2 aromatic carbocycles. The summed E-state index contributed by atoms with van der Waals surface area (Å²) in [6.45, 7) is 0. The zero-order valence-corrected chi connectivity index (χ0v) is 12.1. The van der Waals surface area contributed by atoms with E-state index in [2.05, 4.69) is 27.0 Å². The van der Waals surface area contributed by atoms with Gasteiger partial charge in [0.25, 0.3) is 0 Å². The minimum atomic E-state index is 0.583. The average Bonchev–Trinajstić information content (AvgIpc) is 2.76. The van der Waals surface area contributed by atoms with Crippen molar-refractivity contribution in [2.75, 3.05) is 0 Å². The van der Waals surface area contributed by atoms with Gasteiger partial charge in [0.2, 0.25) is 0 Å². The molecule has 3 aromatic rings. The third-order valence-corrected chi connectivity index (χ3v) is 3.74. The van der Waals surface area contributed by atoms with Gasteiger partial charge in [-0.1, -0.05) is 22.0 Å². The molecular weight excluding hydrogens is 322 g/mol. The normalized spacial score (nSPS) is 10.5. The Morgan fingerprint density at radius 2 is 1.89 bits per heavy atom. The molecule has 0 unspecified atom stereocenters. The number of hydrogen-bond donors (Lipinski definition) is 1. The highest BCUT2D eigenvalue weighted by Crippen LogP contribution is 2.23. The zero-order chi connectivity index (χ0) is 13.4. The van der Waals surface area contributed by atoms with Crippen molar-refractivity contribution in [2.24, 2.45) is 0 Å². The Morgan fingerprint density at radius 1 is 1.16 bits per heavy atom. The zero-order valence-electron chi connectivity index (χ0n) is 9.72. The van der Waals surface area contributed by atoms with Gasteiger partial charge in [-0.25, -0.2) is 0 Å². The molecule has 3 rings (SSSR count). The number of fused-ring (bicyclic) bond motifs is 1. The average molecular weight is 330 g/mol. The van der Waals surface area contributed by atoms with Crippen LogP contribution in [0, 0.1) is 16.1 Å². The summed E-state index contributed by atoms with van der Waals surface area (Å²) in [6, 6.07) is 15.6. The molecule has 0 amide bonds. The van der Waals surface area contributed by atoms with Crippen LogP contribution in [0.3, 0.4) is 0 Å². The molecule has 0 spiro atoms. The highest BCUT2D eigenvalue weighted by atomic mass is 79.9. The molecule has 0 saturated carbocycles. The molecule has 0 bridgehead atoms. The third-order valence-electron chi connectivity index (χ3n) is 2.92. The minimum absolute atomic E-state index is 0.583. The van der Waals surface area contributed by atoms with Gasteiger partial charge in [-0.2, -0.15) is 5.26 Å². The fourth-order valence-electron chi connectivity index (χ4n) is 2.07. The van der Waals surface area contributed by atoms with Crippen molar-refractivity contribution in [1.29, 1.82) is 5.26 Å². The number of imidazole rings is 1. The van der Waals surface area contributed by atoms with Gasteiger partial charge in [-0.05, 0) is 48.6 Å². The van der Waals surface area contributed by atoms with Crippen molar-refractivity contribution in [3.63, 3.8) is 0 Å². The van der Waals surface area contributed by atoms with Crippen LogP contribution in [0.2, 0.25) is 0 Å². The molecule has 1 heterocycles. The van der Waals surface area contributed by atoms with Crippen molar-refractivity contribution < 1.29 is 0 Å². The molecule has 0 aliphatic rings. The summed E-state index contributed by atoms with van der Waals surface area (Å²) in [6.07, 6.45) is 0. The Balaban J connectivity index is 2.36. The van der Waals surface area contributed by atoms with Crippen LogP contribution in [-0.4, -0.2) is 9.55 Å². The van der Waals surface area contributed by atoms with Crippen LogP contribution in [-0.2, 0) is 0 Å². The maximum absolute atomic E-state index is 9.12. The van der Waals surface area contributed by atoms with E-state index < -0.39 is 0 Å². The van der Waals surface area contributed by atoms with Crippen LogP contribution < -0.4 is 0 Å². The van der Waals surface area contributed by atoms with E-state index in [0.29, 0.717) is 10.3 Å². The smallest absolute Gasteiger partial charge is 0.182 e. The van der Waals surface area contributed by atoms with Crippen LogP contribution in [0.15, 0.2) is 46.9 Å². The molecule has 0 aliphatic carbocycles. The van der Waals surface area contributed by atoms with E-state index in [1.165, 1.54) is 0 Å². The van der Waals surface area contributed by atoms with Crippen molar-refractivity contribution in [3.05, 3.63) is 57.3 Å². The number of benzene rings is 2. The molecule has 3 nitrogen and oxygen atoms in total. The number of H-pyrrole nitrogens is 1. The minimum Gasteiger partial charge on any atom is -0.329 e. The van der Waals surface area contributed by atoms with Crippen LogP contribution in [0.1, 0.15) is 5.56 Å². The number of nitrogens with one attached hydrogen (secondary N) is 1. The molecule has 0 radical (unpaired) electrons. The number of rotatable bonds is 1. The topological polar surface area (TPSA) is 44.5 Å². The molecule has 0 saturated heterocycles. The second kappa shape index (κ2) is 4.65. The van der Waals surface area contributed by atoms with Crippen LogP contribution in [0.25, 0.3) is 16.7 Å². The van der Waals surface area contributed by atoms with E-state index in [-0.39, 0.29) is 0 Å². The fourth-order valence-corrected chi connectivity index (χ4v) is 2.64. The second-order valence-corrected chi connectivity index (χ2v) is 5.36. The molecule has 1 N–H and O–H groups in total. The number of nitriles is 1. The maximum atomic E-state index is 9.12. The summed E-state index contributed by atoms with van der Waals surface area (Å²) in [5.41, 5.74) is 3.25. The molecule has 1 aromatic heterocycles. The van der Waals surface area contributed by atoms with Gasteiger partial charge < -0.3 is 4.98 Å². The number of para-hydroxylation sites is 1. The number of hydrogen-bond acceptors (Lipinski definition) is 2. The van der Waals surface area contributed by atoms with E-state index in [1.54, 1.807) is 6.07 Å². The van der Waals surface area contributed by atoms with E-state index in [0.717, 1.165) is 21.2 Å². The van der Waals surface area contributed by atoms with Crippen LogP contribution >= 0.6 is 28.1 Å². The van der Waals surface area contributed by atoms with Gasteiger partial charge in [-0.15, -0.1) is 0 Å². The van der Waals surface area contributed by atoms with Crippen molar-refractivity contribution in [2.45, 2.75) is 0 Å². The molecule has 0 fully saturated rings. The van der Waals surface area contributed by atoms with Gasteiger partial charge in [0.15, 0.2) is 4.77 Å². The number of aromatic amines is 1. The fraction of sp³-hybridized carbons (Fsp3) is 0. The number of nitrogens with zero attached hydrogens (tertiary/aromatic N) is 2. The van der Waals surface area contributed by atoms with Gasteiger partial charge in [-0.3, -0.25) is 4.57 Å². The first-order valence-electron chi connectivity index (χ1n) is 5.60. The first-order chi connectivity index (χ1) is 9.20. The summed E-state index contributed by atoms with van der Waals surface area (Å²) < 4.78 is 3.53. The van der Waals surface area contributed by atoms with Gasteiger partial charge in [0.1, 0.15) is 6.07 Å². The highest BCUT2D eigenvalue weighted by molar-refractivity contribution is 9.10. The van der Waals surface area contributed by atoms with Crippen LogP contribution in [0.4, 0.5) is 0 Å². The number of halogens is 1. The van der Waals surface area contributed by atoms with Crippen molar-refractivity contribution in [1.82, 2.24) is 9.55 Å². The SMILES string of the molecule is N#Cc1cccc2c1[nH]c(=S)n2-c1ccc(Br)cc1. The predicted molar refractivity (Wildman–Crippen MR) is 80.9 cm³/mol. The van der Waals surface area contributed by atoms with E-state index in [9.17, 15) is 0 Å². The van der Waals surface area contributed by atoms with Gasteiger partial charge in [0, 0.05) is 10.2 Å². The van der Waals surface area contributed by atoms with Gasteiger partial charge >= 0.3 is 0 Å². The second-order valence-electron chi connectivity index (χ2n) is 4.05. The Morgan fingerprint density at radius 3 is 2.58 bits per heavy atom. The first kappa shape index (κ1) is 12.2. The summed E-state index contributed by atoms with van der Waals surface area (Å²) in [5.74, 6) is 0. The first-order valence-corrected chi connectivity index (χ1v) is 6.80. The Kier molecular flexibility index (Phi) is 2.97. The number of aromatic nitrogens is 2. The Hall–Kier alpha value is -1.90. The quantitative estimate of drug-likeness (QED) is 0.675. The highest BCUT2D eigenvalue weighted by Gasteiger charge is 2.09. The lowest BCUT2D eigenvalue weighted by molar-refractivity contribution is 1.06. The summed E-state index contributed by atoms with van der Waals surface area (Å²) >= 11 is 8.78.